The molecular formula is C17H14F2N6O. The number of methoxy groups -OCH3 is 1. The van der Waals surface area contributed by atoms with Gasteiger partial charge in [-0.3, -0.25) is 0 Å². The molecule has 4 rings (SSSR count). The average Bonchev–Trinajstić information content (AvgIpc) is 3.27. The van der Waals surface area contributed by atoms with Crippen molar-refractivity contribution in [3.63, 3.8) is 0 Å². The zero-order valence-corrected chi connectivity index (χ0v) is 13.9. The quantitative estimate of drug-likeness (QED) is 0.718. The van der Waals surface area contributed by atoms with Gasteiger partial charge < -0.3 is 9.64 Å². The second-order valence-electron chi connectivity index (χ2n) is 5.95. The highest BCUT2D eigenvalue weighted by Crippen LogP contribution is 2.39. The fourth-order valence-electron chi connectivity index (χ4n) is 3.36. The SMILES string of the molecule is COc1ncc(F)cc1[C@H]1CCCN1c1nc2c(C#N)cnn2cc1F. The number of anilines is 1. The van der Waals surface area contributed by atoms with E-state index in [0.717, 1.165) is 12.6 Å². The highest BCUT2D eigenvalue weighted by Gasteiger charge is 2.32. The molecule has 3 aromatic rings. The van der Waals surface area contributed by atoms with E-state index in [1.807, 2.05) is 6.07 Å². The maximum Gasteiger partial charge on any atom is 0.218 e. The number of fused-ring (bicyclic) bond motifs is 1. The number of rotatable bonds is 3. The van der Waals surface area contributed by atoms with Gasteiger partial charge in [-0.05, 0) is 18.9 Å². The van der Waals surface area contributed by atoms with Crippen LogP contribution in [0.5, 0.6) is 5.88 Å². The van der Waals surface area contributed by atoms with E-state index in [-0.39, 0.29) is 23.1 Å². The lowest BCUT2D eigenvalue weighted by Crippen LogP contribution is -2.26. The molecule has 0 spiro atoms. The number of aromatic nitrogens is 4. The number of halogens is 2. The summed E-state index contributed by atoms with van der Waals surface area (Å²) in [5.74, 6) is -0.658. The number of ether oxygens (including phenoxy) is 1. The maximum atomic E-state index is 14.7. The Morgan fingerprint density at radius 2 is 2.19 bits per heavy atom. The van der Waals surface area contributed by atoms with Crippen molar-refractivity contribution in [1.82, 2.24) is 19.6 Å². The highest BCUT2D eigenvalue weighted by molar-refractivity contribution is 5.59. The van der Waals surface area contributed by atoms with Crippen LogP contribution in [0.25, 0.3) is 5.65 Å². The predicted octanol–water partition coefficient (Wildman–Crippen LogP) is 2.62. The lowest BCUT2D eigenvalue weighted by Gasteiger charge is -2.27. The Balaban J connectivity index is 1.82. The molecule has 3 aromatic heterocycles. The van der Waals surface area contributed by atoms with Crippen molar-refractivity contribution in [2.75, 3.05) is 18.6 Å². The summed E-state index contributed by atoms with van der Waals surface area (Å²) in [5.41, 5.74) is 1.07. The standard InChI is InChI=1S/C17H14F2N6O/c1-26-17-12(5-11(18)8-21-17)14-3-2-4-24(14)16-13(19)9-25-15(23-16)10(6-20)7-22-25/h5,7-9,14H,2-4H2,1H3/t14-/m1/s1. The van der Waals surface area contributed by atoms with Gasteiger partial charge in [0.25, 0.3) is 0 Å². The predicted molar refractivity (Wildman–Crippen MR) is 87.7 cm³/mol. The van der Waals surface area contributed by atoms with Crippen molar-refractivity contribution in [2.45, 2.75) is 18.9 Å². The Bertz CT molecular complexity index is 1030. The molecule has 0 amide bonds. The number of nitriles is 1. The van der Waals surface area contributed by atoms with Gasteiger partial charge in [0.2, 0.25) is 5.88 Å². The molecule has 1 atom stereocenters. The van der Waals surface area contributed by atoms with Crippen molar-refractivity contribution >= 4 is 11.5 Å². The summed E-state index contributed by atoms with van der Waals surface area (Å²) in [6, 6.07) is 3.01. The molecule has 0 unspecified atom stereocenters. The second kappa shape index (κ2) is 6.22. The van der Waals surface area contributed by atoms with E-state index in [1.54, 1.807) is 4.90 Å². The van der Waals surface area contributed by atoms with Gasteiger partial charge in [-0.2, -0.15) is 10.4 Å². The van der Waals surface area contributed by atoms with Crippen LogP contribution in [0.2, 0.25) is 0 Å². The largest absolute Gasteiger partial charge is 0.481 e. The monoisotopic (exact) mass is 356 g/mol. The first-order chi connectivity index (χ1) is 12.6. The molecule has 4 heterocycles. The van der Waals surface area contributed by atoms with Crippen molar-refractivity contribution in [1.29, 1.82) is 5.26 Å². The first-order valence-corrected chi connectivity index (χ1v) is 8.02. The van der Waals surface area contributed by atoms with Gasteiger partial charge in [0.1, 0.15) is 17.4 Å². The zero-order valence-electron chi connectivity index (χ0n) is 13.9. The Morgan fingerprint density at radius 3 is 2.96 bits per heavy atom. The van der Waals surface area contributed by atoms with E-state index in [4.69, 9.17) is 10.00 Å². The fraction of sp³-hybridized carbons (Fsp3) is 0.294. The summed E-state index contributed by atoms with van der Waals surface area (Å²) < 4.78 is 34.9. The van der Waals surface area contributed by atoms with E-state index < -0.39 is 11.6 Å². The molecule has 0 radical (unpaired) electrons. The lowest BCUT2D eigenvalue weighted by molar-refractivity contribution is 0.385. The van der Waals surface area contributed by atoms with Gasteiger partial charge in [0.15, 0.2) is 17.3 Å². The molecule has 1 aliphatic heterocycles. The molecular weight excluding hydrogens is 342 g/mol. The minimum Gasteiger partial charge on any atom is -0.481 e. The molecule has 9 heteroatoms. The maximum absolute atomic E-state index is 14.7. The van der Waals surface area contributed by atoms with Crippen LogP contribution in [-0.2, 0) is 0 Å². The van der Waals surface area contributed by atoms with Crippen LogP contribution < -0.4 is 9.64 Å². The van der Waals surface area contributed by atoms with Gasteiger partial charge in [0.05, 0.1) is 31.7 Å². The number of nitrogens with zero attached hydrogens (tertiary/aromatic N) is 6. The van der Waals surface area contributed by atoms with E-state index in [2.05, 4.69) is 15.1 Å². The van der Waals surface area contributed by atoms with Gasteiger partial charge in [-0.15, -0.1) is 0 Å². The molecule has 26 heavy (non-hydrogen) atoms. The molecule has 0 aliphatic carbocycles. The van der Waals surface area contributed by atoms with Gasteiger partial charge in [0, 0.05) is 12.1 Å². The summed E-state index contributed by atoms with van der Waals surface area (Å²) in [5, 5.41) is 13.1. The van der Waals surface area contributed by atoms with Crippen LogP contribution in [0, 0.1) is 23.0 Å². The first-order valence-electron chi connectivity index (χ1n) is 8.02. The molecule has 0 saturated carbocycles. The minimum atomic E-state index is -0.569. The van der Waals surface area contributed by atoms with E-state index in [1.165, 1.54) is 30.1 Å². The van der Waals surface area contributed by atoms with Gasteiger partial charge in [-0.1, -0.05) is 0 Å². The fourth-order valence-corrected chi connectivity index (χ4v) is 3.36. The van der Waals surface area contributed by atoms with Crippen LogP contribution in [0.4, 0.5) is 14.6 Å². The lowest BCUT2D eigenvalue weighted by atomic mass is 10.1. The smallest absolute Gasteiger partial charge is 0.218 e. The van der Waals surface area contributed by atoms with Crippen molar-refractivity contribution in [3.05, 3.63) is 47.4 Å². The minimum absolute atomic E-state index is 0.100. The van der Waals surface area contributed by atoms with Crippen LogP contribution in [0.1, 0.15) is 30.0 Å². The summed E-state index contributed by atoms with van der Waals surface area (Å²) in [7, 11) is 1.46. The Hall–Kier alpha value is -3.28. The Morgan fingerprint density at radius 1 is 1.35 bits per heavy atom. The van der Waals surface area contributed by atoms with Gasteiger partial charge in [-0.25, -0.2) is 23.3 Å². The summed E-state index contributed by atoms with van der Waals surface area (Å²) in [4.78, 5) is 10.0. The summed E-state index contributed by atoms with van der Waals surface area (Å²) in [6.07, 6.45) is 5.07. The Labute approximate surface area is 147 Å². The molecule has 0 N–H and O–H groups in total. The second-order valence-corrected chi connectivity index (χ2v) is 5.95. The zero-order chi connectivity index (χ0) is 18.3. The molecule has 132 valence electrons. The number of pyridine rings is 1. The summed E-state index contributed by atoms with van der Waals surface area (Å²) >= 11 is 0. The van der Waals surface area contributed by atoms with Crippen molar-refractivity contribution in [2.24, 2.45) is 0 Å². The normalized spacial score (nSPS) is 16.8. The first kappa shape index (κ1) is 16.2. The highest BCUT2D eigenvalue weighted by atomic mass is 19.1. The van der Waals surface area contributed by atoms with E-state index in [0.29, 0.717) is 24.4 Å². The Kier molecular flexibility index (Phi) is 3.88. The van der Waals surface area contributed by atoms with Crippen LogP contribution in [-0.4, -0.2) is 33.2 Å². The molecule has 1 aliphatic rings. The van der Waals surface area contributed by atoms with Gasteiger partial charge >= 0.3 is 0 Å². The van der Waals surface area contributed by atoms with Crippen LogP contribution in [0.15, 0.2) is 24.7 Å². The number of hydrogen-bond acceptors (Lipinski definition) is 6. The third-order valence-corrected chi connectivity index (χ3v) is 4.47. The molecule has 7 nitrogen and oxygen atoms in total. The van der Waals surface area contributed by atoms with Crippen molar-refractivity contribution < 1.29 is 13.5 Å². The molecule has 0 aromatic carbocycles. The third-order valence-electron chi connectivity index (χ3n) is 4.47. The third kappa shape index (κ3) is 2.50. The van der Waals surface area contributed by atoms with Crippen LogP contribution in [0.3, 0.4) is 0 Å². The van der Waals surface area contributed by atoms with Crippen molar-refractivity contribution in [3.8, 4) is 11.9 Å². The van der Waals surface area contributed by atoms with E-state index >= 15 is 0 Å². The van der Waals surface area contributed by atoms with Crippen LogP contribution >= 0.6 is 0 Å². The molecule has 1 fully saturated rings. The summed E-state index contributed by atoms with van der Waals surface area (Å²) in [6.45, 7) is 0.542. The molecule has 0 bridgehead atoms. The number of hydrogen-bond donors (Lipinski definition) is 0. The average molecular weight is 356 g/mol. The molecule has 1 saturated heterocycles. The topological polar surface area (TPSA) is 79.3 Å². The van der Waals surface area contributed by atoms with E-state index in [9.17, 15) is 8.78 Å².